The van der Waals surface area contributed by atoms with Gasteiger partial charge in [-0.05, 0) is 19.3 Å². The third-order valence-electron chi connectivity index (χ3n) is 2.96. The molecule has 1 rings (SSSR count). The lowest BCUT2D eigenvalue weighted by Crippen LogP contribution is -2.22. The number of nitrogens with zero attached hydrogens (tertiary/aromatic N) is 2. The van der Waals surface area contributed by atoms with Crippen molar-refractivity contribution in [2.45, 2.75) is 33.1 Å². The Morgan fingerprint density at radius 1 is 1.50 bits per heavy atom. The molecule has 0 saturated heterocycles. The molecule has 18 heavy (non-hydrogen) atoms. The van der Waals surface area contributed by atoms with E-state index < -0.39 is 0 Å². The summed E-state index contributed by atoms with van der Waals surface area (Å²) in [6, 6.07) is 0. The van der Waals surface area contributed by atoms with E-state index in [2.05, 4.69) is 18.8 Å². The maximum absolute atomic E-state index is 11.1. The van der Waals surface area contributed by atoms with Crippen LogP contribution < -0.4 is 4.90 Å². The number of carbonyl (C=O) groups excluding carboxylic acids is 1. The molecule has 5 heteroatoms. The Morgan fingerprint density at radius 3 is 2.78 bits per heavy atom. The van der Waals surface area contributed by atoms with Crippen LogP contribution in [0.1, 0.15) is 48.5 Å². The summed E-state index contributed by atoms with van der Waals surface area (Å²) < 4.78 is 5.32. The fourth-order valence-corrected chi connectivity index (χ4v) is 2.55. The Labute approximate surface area is 113 Å². The van der Waals surface area contributed by atoms with Crippen molar-refractivity contribution in [3.05, 3.63) is 10.6 Å². The Balaban J connectivity index is 2.77. The smallest absolute Gasteiger partial charge is 0.186 e. The zero-order valence-corrected chi connectivity index (χ0v) is 12.4. The van der Waals surface area contributed by atoms with Gasteiger partial charge in [0.1, 0.15) is 0 Å². The topological polar surface area (TPSA) is 42.4 Å². The molecule has 0 fully saturated rings. The zero-order chi connectivity index (χ0) is 13.5. The van der Waals surface area contributed by atoms with E-state index >= 15 is 0 Å². The Kier molecular flexibility index (Phi) is 6.29. The summed E-state index contributed by atoms with van der Waals surface area (Å²) in [6.45, 7) is 8.39. The van der Waals surface area contributed by atoms with Gasteiger partial charge in [-0.2, -0.15) is 0 Å². The molecule has 0 N–H and O–H groups in total. The predicted molar refractivity (Wildman–Crippen MR) is 76.0 cm³/mol. The number of hydrogen-bond acceptors (Lipinski definition) is 5. The summed E-state index contributed by atoms with van der Waals surface area (Å²) in [4.78, 5) is 18.5. The first kappa shape index (κ1) is 15.1. The van der Waals surface area contributed by atoms with Gasteiger partial charge in [0, 0.05) is 20.2 Å². The van der Waals surface area contributed by atoms with Gasteiger partial charge >= 0.3 is 0 Å². The Bertz CT molecular complexity index is 379. The van der Waals surface area contributed by atoms with Crippen LogP contribution in [0, 0.1) is 0 Å². The molecule has 1 atom stereocenters. The minimum absolute atomic E-state index is 0.329. The number of ether oxygens (including phenoxy) is 1. The molecule has 0 amide bonds. The van der Waals surface area contributed by atoms with Gasteiger partial charge < -0.3 is 9.64 Å². The van der Waals surface area contributed by atoms with Crippen LogP contribution in [0.2, 0.25) is 0 Å². The number of aromatic nitrogens is 1. The quantitative estimate of drug-likeness (QED) is 0.538. The van der Waals surface area contributed by atoms with Crippen molar-refractivity contribution in [2.24, 2.45) is 0 Å². The second kappa shape index (κ2) is 7.48. The SMILES string of the molecule is CCOCCN(C)c1nc(C(C)CC)c(C=O)s1. The molecule has 1 heterocycles. The monoisotopic (exact) mass is 270 g/mol. The maximum Gasteiger partial charge on any atom is 0.186 e. The van der Waals surface area contributed by atoms with Crippen LogP contribution in [0.4, 0.5) is 5.13 Å². The average Bonchev–Trinajstić information content (AvgIpc) is 2.82. The van der Waals surface area contributed by atoms with Crippen molar-refractivity contribution in [3.63, 3.8) is 0 Å². The fourth-order valence-electron chi connectivity index (χ4n) is 1.57. The predicted octanol–water partition coefficient (Wildman–Crippen LogP) is 2.94. The van der Waals surface area contributed by atoms with E-state index in [-0.39, 0.29) is 0 Å². The number of rotatable bonds is 8. The van der Waals surface area contributed by atoms with Crippen molar-refractivity contribution >= 4 is 22.8 Å². The molecular weight excluding hydrogens is 248 g/mol. The summed E-state index contributed by atoms with van der Waals surface area (Å²) in [5.41, 5.74) is 0.927. The summed E-state index contributed by atoms with van der Waals surface area (Å²) in [7, 11) is 1.98. The summed E-state index contributed by atoms with van der Waals surface area (Å²) in [5, 5.41) is 0.895. The van der Waals surface area contributed by atoms with Gasteiger partial charge in [-0.25, -0.2) is 4.98 Å². The molecule has 1 aromatic heterocycles. The van der Waals surface area contributed by atoms with Crippen molar-refractivity contribution in [3.8, 4) is 0 Å². The van der Waals surface area contributed by atoms with Gasteiger partial charge in [0.05, 0.1) is 17.2 Å². The minimum atomic E-state index is 0.329. The highest BCUT2D eigenvalue weighted by molar-refractivity contribution is 7.17. The molecule has 0 spiro atoms. The Hall–Kier alpha value is -0.940. The summed E-state index contributed by atoms with van der Waals surface area (Å²) >= 11 is 1.46. The minimum Gasteiger partial charge on any atom is -0.380 e. The van der Waals surface area contributed by atoms with E-state index in [0.29, 0.717) is 12.5 Å². The van der Waals surface area contributed by atoms with E-state index in [1.54, 1.807) is 0 Å². The van der Waals surface area contributed by atoms with E-state index in [1.165, 1.54) is 11.3 Å². The molecule has 0 aromatic carbocycles. The highest BCUT2D eigenvalue weighted by atomic mass is 32.1. The summed E-state index contributed by atoms with van der Waals surface area (Å²) in [5.74, 6) is 0.329. The van der Waals surface area contributed by atoms with Crippen molar-refractivity contribution < 1.29 is 9.53 Å². The first-order valence-electron chi connectivity index (χ1n) is 6.38. The van der Waals surface area contributed by atoms with E-state index in [9.17, 15) is 4.79 Å². The average molecular weight is 270 g/mol. The first-order chi connectivity index (χ1) is 8.63. The second-order valence-electron chi connectivity index (χ2n) is 4.29. The van der Waals surface area contributed by atoms with E-state index in [4.69, 9.17) is 4.74 Å². The highest BCUT2D eigenvalue weighted by Crippen LogP contribution is 2.30. The fraction of sp³-hybridized carbons (Fsp3) is 0.692. The van der Waals surface area contributed by atoms with Crippen LogP contribution in [0.5, 0.6) is 0 Å². The van der Waals surface area contributed by atoms with Crippen molar-refractivity contribution in [1.82, 2.24) is 4.98 Å². The molecule has 0 aliphatic rings. The van der Waals surface area contributed by atoms with E-state index in [0.717, 1.165) is 41.6 Å². The van der Waals surface area contributed by atoms with Gasteiger partial charge in [0.25, 0.3) is 0 Å². The molecule has 0 aliphatic heterocycles. The molecule has 1 aromatic rings. The Morgan fingerprint density at radius 2 is 2.22 bits per heavy atom. The third kappa shape index (κ3) is 3.78. The second-order valence-corrected chi connectivity index (χ2v) is 5.30. The number of likely N-dealkylation sites (N-methyl/N-ethyl adjacent to an activating group) is 1. The lowest BCUT2D eigenvalue weighted by molar-refractivity contribution is 0.112. The lowest BCUT2D eigenvalue weighted by atomic mass is 10.0. The standard InChI is InChI=1S/C13H22N2O2S/c1-5-10(3)12-11(9-16)18-13(14-12)15(4)7-8-17-6-2/h9-10H,5-8H2,1-4H3. The van der Waals surface area contributed by atoms with E-state index in [1.807, 2.05) is 18.9 Å². The third-order valence-corrected chi connectivity index (χ3v) is 4.07. The zero-order valence-electron chi connectivity index (χ0n) is 11.6. The molecule has 0 aliphatic carbocycles. The van der Waals surface area contributed by atoms with Crippen LogP contribution in [-0.4, -0.2) is 38.1 Å². The maximum atomic E-state index is 11.1. The van der Waals surface area contributed by atoms with Gasteiger partial charge in [-0.1, -0.05) is 25.2 Å². The first-order valence-corrected chi connectivity index (χ1v) is 7.20. The van der Waals surface area contributed by atoms with Gasteiger partial charge in [-0.15, -0.1) is 0 Å². The lowest BCUT2D eigenvalue weighted by Gasteiger charge is -2.15. The number of aldehydes is 1. The molecule has 0 bridgehead atoms. The van der Waals surface area contributed by atoms with Crippen LogP contribution in [0.3, 0.4) is 0 Å². The van der Waals surface area contributed by atoms with Crippen LogP contribution in [0.15, 0.2) is 0 Å². The van der Waals surface area contributed by atoms with Crippen LogP contribution >= 0.6 is 11.3 Å². The van der Waals surface area contributed by atoms with Crippen molar-refractivity contribution in [2.75, 3.05) is 31.7 Å². The number of thiazole rings is 1. The molecule has 102 valence electrons. The molecule has 0 radical (unpaired) electrons. The highest BCUT2D eigenvalue weighted by Gasteiger charge is 2.17. The van der Waals surface area contributed by atoms with Gasteiger partial charge in [0.15, 0.2) is 11.4 Å². The molecular formula is C13H22N2O2S. The summed E-state index contributed by atoms with van der Waals surface area (Å²) in [6.07, 6.45) is 1.91. The molecule has 0 saturated carbocycles. The number of anilines is 1. The van der Waals surface area contributed by atoms with Crippen LogP contribution in [-0.2, 0) is 4.74 Å². The van der Waals surface area contributed by atoms with Crippen molar-refractivity contribution in [1.29, 1.82) is 0 Å². The molecule has 1 unspecified atom stereocenters. The largest absolute Gasteiger partial charge is 0.380 e. The van der Waals surface area contributed by atoms with Crippen LogP contribution in [0.25, 0.3) is 0 Å². The number of hydrogen-bond donors (Lipinski definition) is 0. The van der Waals surface area contributed by atoms with Gasteiger partial charge in [-0.3, -0.25) is 4.79 Å². The molecule has 4 nitrogen and oxygen atoms in total. The van der Waals surface area contributed by atoms with Gasteiger partial charge in [0.2, 0.25) is 0 Å². The number of carbonyl (C=O) groups is 1. The normalized spacial score (nSPS) is 12.4.